The van der Waals surface area contributed by atoms with Crippen LogP contribution in [0.4, 0.5) is 22.7 Å². The van der Waals surface area contributed by atoms with Crippen LogP contribution >= 0.6 is 23.9 Å². The Morgan fingerprint density at radius 3 is 1.30 bits per heavy atom. The predicted octanol–water partition coefficient (Wildman–Crippen LogP) is 10.0. The molecule has 53 heavy (non-hydrogen) atoms. The number of hydrogen-bond acceptors (Lipinski definition) is 8. The molecule has 0 fully saturated rings. The Morgan fingerprint density at radius 2 is 0.887 bits per heavy atom. The number of fused-ring (bicyclic) bond motifs is 2. The Balaban J connectivity index is 0.995. The van der Waals surface area contributed by atoms with Crippen LogP contribution in [-0.4, -0.2) is 21.5 Å². The number of nitrogens with zero attached hydrogens (tertiary/aromatic N) is 6. The molecule has 12 heteroatoms. The largest absolute Gasteiger partial charge is 0.321 e. The van der Waals surface area contributed by atoms with Gasteiger partial charge in [0.2, 0.25) is 0 Å². The van der Waals surface area contributed by atoms with E-state index in [9.17, 15) is 20.2 Å². The summed E-state index contributed by atoms with van der Waals surface area (Å²) in [6.45, 7) is 1.30. The third kappa shape index (κ3) is 7.02. The molecule has 2 heterocycles. The van der Waals surface area contributed by atoms with Crippen molar-refractivity contribution >= 4 is 58.3 Å². The highest BCUT2D eigenvalue weighted by Gasteiger charge is 2.28. The Bertz CT molecular complexity index is 2250. The topological polar surface area (TPSA) is 117 Å². The van der Waals surface area contributed by atoms with E-state index in [-0.39, 0.29) is 21.2 Å². The van der Waals surface area contributed by atoms with Crippen molar-refractivity contribution in [3.05, 3.63) is 199 Å². The van der Waals surface area contributed by atoms with E-state index in [2.05, 4.69) is 70.5 Å². The van der Waals surface area contributed by atoms with Gasteiger partial charge in [-0.2, -0.15) is 8.80 Å². The number of nitro benzene ring substituents is 2. The van der Waals surface area contributed by atoms with Crippen LogP contribution in [0.15, 0.2) is 164 Å². The fraction of sp³-hybridized carbons (Fsp3) is 0.0732. The Kier molecular flexibility index (Phi) is 9.45. The van der Waals surface area contributed by atoms with Crippen LogP contribution in [0.25, 0.3) is 0 Å². The third-order valence-corrected chi connectivity index (χ3v) is 10.8. The van der Waals surface area contributed by atoms with Crippen LogP contribution < -0.4 is 9.80 Å². The van der Waals surface area contributed by atoms with Crippen molar-refractivity contribution in [1.29, 1.82) is 0 Å². The lowest BCUT2D eigenvalue weighted by Crippen LogP contribution is -2.23. The smallest absolute Gasteiger partial charge is 0.284 e. The molecular weight excluding hydrogens is 705 g/mol. The first-order chi connectivity index (χ1) is 25.9. The minimum absolute atomic E-state index is 0.0338. The van der Waals surface area contributed by atoms with Gasteiger partial charge < -0.3 is 9.80 Å². The van der Waals surface area contributed by atoms with Crippen molar-refractivity contribution in [2.24, 2.45) is 8.80 Å². The second-order valence-corrected chi connectivity index (χ2v) is 14.1. The zero-order valence-electron chi connectivity index (χ0n) is 28.1. The molecule has 8 rings (SSSR count). The van der Waals surface area contributed by atoms with E-state index in [4.69, 9.17) is 8.80 Å². The van der Waals surface area contributed by atoms with E-state index in [1.807, 2.05) is 36.4 Å². The van der Waals surface area contributed by atoms with E-state index in [0.29, 0.717) is 22.9 Å². The summed E-state index contributed by atoms with van der Waals surface area (Å²) in [5.74, 6) is 1.53. The molecule has 6 aromatic carbocycles. The molecule has 0 spiro atoms. The molecule has 0 aliphatic carbocycles. The van der Waals surface area contributed by atoms with Gasteiger partial charge in [-0.15, -0.1) is 0 Å². The van der Waals surface area contributed by atoms with Gasteiger partial charge in [0.15, 0.2) is 0 Å². The minimum Gasteiger partial charge on any atom is -0.321 e. The van der Waals surface area contributed by atoms with Crippen molar-refractivity contribution in [3.8, 4) is 0 Å². The molecule has 6 aromatic rings. The lowest BCUT2D eigenvalue weighted by Gasteiger charge is -2.20. The van der Waals surface area contributed by atoms with E-state index in [1.165, 1.54) is 12.1 Å². The monoisotopic (exact) mass is 734 g/mol. The molecule has 0 radical (unpaired) electrons. The van der Waals surface area contributed by atoms with E-state index in [0.717, 1.165) is 86.7 Å². The number of benzene rings is 6. The Morgan fingerprint density at radius 1 is 0.509 bits per heavy atom. The summed E-state index contributed by atoms with van der Waals surface area (Å²) in [6.07, 6.45) is 0.740. The van der Waals surface area contributed by atoms with Gasteiger partial charge in [-0.05, 0) is 65.1 Å². The minimum atomic E-state index is -0.379. The number of para-hydroxylation sites is 2. The quantitative estimate of drug-likeness (QED) is 0.0776. The van der Waals surface area contributed by atoms with Gasteiger partial charge in [0.05, 0.1) is 22.9 Å². The molecule has 10 nitrogen and oxygen atoms in total. The zero-order chi connectivity index (χ0) is 36.3. The first kappa shape index (κ1) is 33.9. The maximum Gasteiger partial charge on any atom is 0.284 e. The van der Waals surface area contributed by atoms with Gasteiger partial charge in [-0.25, -0.2) is 0 Å². The molecule has 260 valence electrons. The molecule has 0 N–H and O–H groups in total. The van der Waals surface area contributed by atoms with E-state index in [1.54, 1.807) is 36.4 Å². The standard InChI is InChI=1S/C41H30N6O4S2/c48-46(49)36-13-5-7-15-38(36)52-42-40-34-11-3-1-9-30(34)26-44(40)32-21-17-28(18-22-32)25-29-19-23-33(24-20-29)45-27-31-10-2-4-12-35(31)41(45)43-53-39-16-8-6-14-37(39)47(50)51/h1-24H,25-27H2/b42-40-,43-41+. The zero-order valence-corrected chi connectivity index (χ0v) is 29.7. The number of amidine groups is 2. The van der Waals surface area contributed by atoms with E-state index < -0.39 is 0 Å². The lowest BCUT2D eigenvalue weighted by atomic mass is 10.0. The maximum atomic E-state index is 11.6. The third-order valence-electron chi connectivity index (χ3n) is 9.17. The molecule has 2 aliphatic heterocycles. The van der Waals surface area contributed by atoms with Crippen molar-refractivity contribution in [2.75, 3.05) is 9.80 Å². The molecule has 0 atom stereocenters. The van der Waals surface area contributed by atoms with Crippen LogP contribution in [-0.2, 0) is 19.5 Å². The first-order valence-corrected chi connectivity index (χ1v) is 18.3. The van der Waals surface area contributed by atoms with Crippen molar-refractivity contribution < 1.29 is 9.85 Å². The summed E-state index contributed by atoms with van der Waals surface area (Å²) < 4.78 is 9.67. The van der Waals surface area contributed by atoms with Crippen LogP contribution in [0.3, 0.4) is 0 Å². The normalized spacial score (nSPS) is 14.8. The highest BCUT2D eigenvalue weighted by atomic mass is 32.2. The summed E-state index contributed by atoms with van der Waals surface area (Å²) in [4.78, 5) is 27.7. The van der Waals surface area contributed by atoms with Gasteiger partial charge in [-0.1, -0.05) is 97.1 Å². The second kappa shape index (κ2) is 14.8. The summed E-state index contributed by atoms with van der Waals surface area (Å²) >= 11 is 2.24. The number of rotatable bonds is 10. The summed E-state index contributed by atoms with van der Waals surface area (Å²) in [6, 6.07) is 46.4. The highest BCUT2D eigenvalue weighted by molar-refractivity contribution is 7.98. The fourth-order valence-electron chi connectivity index (χ4n) is 6.54. The average Bonchev–Trinajstić information content (AvgIpc) is 3.75. The van der Waals surface area contributed by atoms with Crippen molar-refractivity contribution in [1.82, 2.24) is 0 Å². The molecule has 2 aliphatic rings. The maximum absolute atomic E-state index is 11.6. The molecule has 0 aromatic heterocycles. The highest BCUT2D eigenvalue weighted by Crippen LogP contribution is 2.36. The average molecular weight is 735 g/mol. The Hall–Kier alpha value is -6.24. The van der Waals surface area contributed by atoms with Crippen LogP contribution in [0.5, 0.6) is 0 Å². The number of anilines is 2. The summed E-state index contributed by atoms with van der Waals surface area (Å²) in [5.41, 5.74) is 8.67. The predicted molar refractivity (Wildman–Crippen MR) is 212 cm³/mol. The SMILES string of the molecule is O=[N+]([O-])c1ccccc1S/N=C1/c2ccccc2CN1c1ccc(Cc2ccc(N3Cc4ccccc4/C3=N\Sc3ccccc3[N+](=O)[O-])cc2)cc1. The van der Waals surface area contributed by atoms with Gasteiger partial charge in [0.1, 0.15) is 21.5 Å². The van der Waals surface area contributed by atoms with Gasteiger partial charge in [-0.3, -0.25) is 20.2 Å². The lowest BCUT2D eigenvalue weighted by molar-refractivity contribution is -0.387. The molecule has 0 saturated heterocycles. The number of hydrogen-bond donors (Lipinski definition) is 0. The summed E-state index contributed by atoms with van der Waals surface area (Å²) in [7, 11) is 0. The van der Waals surface area contributed by atoms with Gasteiger partial charge in [0.25, 0.3) is 11.4 Å². The molecule has 0 amide bonds. The molecule has 0 unspecified atom stereocenters. The van der Waals surface area contributed by atoms with E-state index >= 15 is 0 Å². The Labute approximate surface area is 314 Å². The second-order valence-electron chi connectivity index (χ2n) is 12.5. The molecular formula is C41H30N6O4S2. The van der Waals surface area contributed by atoms with Crippen molar-refractivity contribution in [2.45, 2.75) is 29.3 Å². The van der Waals surface area contributed by atoms with Gasteiger partial charge >= 0.3 is 0 Å². The van der Waals surface area contributed by atoms with Crippen LogP contribution in [0.2, 0.25) is 0 Å². The summed E-state index contributed by atoms with van der Waals surface area (Å²) in [5, 5.41) is 23.2. The fourth-order valence-corrected chi connectivity index (χ4v) is 8.05. The van der Waals surface area contributed by atoms with Crippen LogP contribution in [0.1, 0.15) is 33.4 Å². The molecule has 0 bridgehead atoms. The number of nitro groups is 2. The van der Waals surface area contributed by atoms with Gasteiger partial charge in [0, 0.05) is 58.5 Å². The first-order valence-electron chi connectivity index (χ1n) is 16.8. The van der Waals surface area contributed by atoms with Crippen LogP contribution in [0, 0.1) is 20.2 Å². The molecule has 0 saturated carbocycles. The van der Waals surface area contributed by atoms with Crippen molar-refractivity contribution in [3.63, 3.8) is 0 Å².